The zero-order valence-electron chi connectivity index (χ0n) is 16.9. The molecule has 1 unspecified atom stereocenters. The van der Waals surface area contributed by atoms with E-state index in [2.05, 4.69) is 41.4 Å². The van der Waals surface area contributed by atoms with Crippen LogP contribution < -0.4 is 0 Å². The van der Waals surface area contributed by atoms with Gasteiger partial charge < -0.3 is 14.8 Å². The number of aromatic nitrogens is 1. The summed E-state index contributed by atoms with van der Waals surface area (Å²) in [6.07, 6.45) is 4.35. The van der Waals surface area contributed by atoms with Gasteiger partial charge in [0.15, 0.2) is 0 Å². The Kier molecular flexibility index (Phi) is 3.98. The van der Waals surface area contributed by atoms with E-state index in [9.17, 15) is 9.59 Å². The van der Waals surface area contributed by atoms with Crippen LogP contribution in [0.25, 0.3) is 10.9 Å². The summed E-state index contributed by atoms with van der Waals surface area (Å²) in [7, 11) is 0. The number of carbonyl (C=O) groups excluding carboxylic acids is 2. The largest absolute Gasteiger partial charge is 0.356 e. The maximum Gasteiger partial charge on any atom is 0.246 e. The van der Waals surface area contributed by atoms with Gasteiger partial charge in [0, 0.05) is 29.1 Å². The van der Waals surface area contributed by atoms with Gasteiger partial charge in [-0.3, -0.25) is 9.59 Å². The van der Waals surface area contributed by atoms with Crippen molar-refractivity contribution in [2.24, 2.45) is 0 Å². The maximum atomic E-state index is 13.4. The first-order valence-electron chi connectivity index (χ1n) is 11.0. The fourth-order valence-electron chi connectivity index (χ4n) is 5.35. The fraction of sp³-hybridized carbons (Fsp3) is 0.360. The number of piperazine rings is 1. The first-order valence-corrected chi connectivity index (χ1v) is 11.0. The highest BCUT2D eigenvalue weighted by atomic mass is 16.2. The molecule has 0 bridgehead atoms. The molecule has 152 valence electrons. The van der Waals surface area contributed by atoms with Crippen LogP contribution in [0.5, 0.6) is 0 Å². The Bertz CT molecular complexity index is 1130. The molecule has 1 saturated heterocycles. The highest BCUT2D eigenvalue weighted by Crippen LogP contribution is 2.42. The number of fused-ring (bicyclic) bond motifs is 4. The van der Waals surface area contributed by atoms with Gasteiger partial charge in [-0.25, -0.2) is 0 Å². The van der Waals surface area contributed by atoms with Crippen LogP contribution in [0.1, 0.15) is 42.1 Å². The zero-order chi connectivity index (χ0) is 20.2. The molecule has 0 radical (unpaired) electrons. The SMILES string of the molecule is O=C1[C@@H]2Cc3c([nH]c4ccccc34)C(CCc3ccccc3)N2C(=O)CN1C1CC1. The standard InChI is InChI=1S/C25H25N3O2/c29-23-15-27(17-11-12-17)25(30)22-14-19-18-8-4-5-9-20(18)26-24(19)21(28(22)23)13-10-16-6-2-1-3-7-16/h1-9,17,21-22,26H,10-15H2/t21?,22-/m0/s1. The van der Waals surface area contributed by atoms with Crippen molar-refractivity contribution >= 4 is 22.7 Å². The second-order valence-corrected chi connectivity index (χ2v) is 8.82. The smallest absolute Gasteiger partial charge is 0.246 e. The molecule has 1 saturated carbocycles. The second-order valence-electron chi connectivity index (χ2n) is 8.82. The molecular formula is C25H25N3O2. The van der Waals surface area contributed by atoms with E-state index in [0.29, 0.717) is 6.42 Å². The molecule has 6 rings (SSSR count). The van der Waals surface area contributed by atoms with Crippen molar-refractivity contribution in [3.8, 4) is 0 Å². The van der Waals surface area contributed by atoms with Gasteiger partial charge in [-0.15, -0.1) is 0 Å². The number of carbonyl (C=O) groups is 2. The van der Waals surface area contributed by atoms with Crippen molar-refractivity contribution in [2.45, 2.75) is 50.2 Å². The van der Waals surface area contributed by atoms with Crippen LogP contribution in [0.3, 0.4) is 0 Å². The van der Waals surface area contributed by atoms with E-state index in [1.54, 1.807) is 0 Å². The van der Waals surface area contributed by atoms with Crippen molar-refractivity contribution < 1.29 is 9.59 Å². The van der Waals surface area contributed by atoms with Crippen molar-refractivity contribution in [3.05, 3.63) is 71.4 Å². The van der Waals surface area contributed by atoms with Crippen LogP contribution in [0.15, 0.2) is 54.6 Å². The molecule has 5 heteroatoms. The third-order valence-corrected chi connectivity index (χ3v) is 6.95. The first-order chi connectivity index (χ1) is 14.7. The predicted octanol–water partition coefficient (Wildman–Crippen LogP) is 3.60. The summed E-state index contributed by atoms with van der Waals surface area (Å²) < 4.78 is 0. The molecule has 2 aliphatic heterocycles. The van der Waals surface area contributed by atoms with Gasteiger partial charge in [0.2, 0.25) is 11.8 Å². The Hall–Kier alpha value is -3.08. The van der Waals surface area contributed by atoms with Gasteiger partial charge in [0.05, 0.1) is 6.04 Å². The molecule has 30 heavy (non-hydrogen) atoms. The van der Waals surface area contributed by atoms with Crippen molar-refractivity contribution in [1.29, 1.82) is 0 Å². The molecule has 3 aliphatic rings. The van der Waals surface area contributed by atoms with Gasteiger partial charge >= 0.3 is 0 Å². The molecule has 1 aliphatic carbocycles. The molecule has 5 nitrogen and oxygen atoms in total. The molecule has 2 atom stereocenters. The molecule has 1 aromatic heterocycles. The van der Waals surface area contributed by atoms with E-state index >= 15 is 0 Å². The van der Waals surface area contributed by atoms with Crippen LogP contribution in [0.2, 0.25) is 0 Å². The van der Waals surface area contributed by atoms with E-state index < -0.39 is 0 Å². The van der Waals surface area contributed by atoms with Crippen molar-refractivity contribution in [3.63, 3.8) is 0 Å². The summed E-state index contributed by atoms with van der Waals surface area (Å²) in [6, 6.07) is 18.5. The third-order valence-electron chi connectivity index (χ3n) is 6.95. The Labute approximate surface area is 175 Å². The second kappa shape index (κ2) is 6.73. The van der Waals surface area contributed by atoms with Gasteiger partial charge in [0.25, 0.3) is 0 Å². The minimum Gasteiger partial charge on any atom is -0.356 e. The summed E-state index contributed by atoms with van der Waals surface area (Å²) in [5.74, 6) is 0.228. The molecule has 1 N–H and O–H groups in total. The maximum absolute atomic E-state index is 13.4. The molecule has 2 aromatic carbocycles. The van der Waals surface area contributed by atoms with Gasteiger partial charge in [-0.1, -0.05) is 48.5 Å². The van der Waals surface area contributed by atoms with Gasteiger partial charge in [0.1, 0.15) is 12.6 Å². The Morgan fingerprint density at radius 2 is 1.73 bits per heavy atom. The molecule has 2 amide bonds. The van der Waals surface area contributed by atoms with E-state index in [-0.39, 0.29) is 36.5 Å². The fourth-order valence-corrected chi connectivity index (χ4v) is 5.35. The summed E-state index contributed by atoms with van der Waals surface area (Å²) in [4.78, 5) is 34.0. The number of hydrogen-bond donors (Lipinski definition) is 1. The molecule has 3 heterocycles. The van der Waals surface area contributed by atoms with E-state index in [4.69, 9.17) is 0 Å². The quantitative estimate of drug-likeness (QED) is 0.729. The van der Waals surface area contributed by atoms with Crippen LogP contribution in [0, 0.1) is 0 Å². The number of amides is 2. The number of nitrogens with one attached hydrogen (secondary N) is 1. The van der Waals surface area contributed by atoms with Crippen molar-refractivity contribution in [2.75, 3.05) is 6.54 Å². The molecule has 3 aromatic rings. The zero-order valence-corrected chi connectivity index (χ0v) is 16.9. The van der Waals surface area contributed by atoms with E-state index in [1.165, 1.54) is 16.5 Å². The molecule has 2 fully saturated rings. The monoisotopic (exact) mass is 399 g/mol. The molecule has 0 spiro atoms. The van der Waals surface area contributed by atoms with Crippen LogP contribution in [-0.2, 0) is 22.4 Å². The summed E-state index contributed by atoms with van der Waals surface area (Å²) in [5.41, 5.74) is 4.67. The minimum absolute atomic E-state index is 0.0915. The van der Waals surface area contributed by atoms with Gasteiger partial charge in [-0.2, -0.15) is 0 Å². The number of benzene rings is 2. The molecular weight excluding hydrogens is 374 g/mol. The summed E-state index contributed by atoms with van der Waals surface area (Å²) in [5, 5.41) is 1.18. The Morgan fingerprint density at radius 3 is 2.53 bits per heavy atom. The van der Waals surface area contributed by atoms with Crippen LogP contribution >= 0.6 is 0 Å². The van der Waals surface area contributed by atoms with Gasteiger partial charge in [-0.05, 0) is 42.9 Å². The van der Waals surface area contributed by atoms with Crippen LogP contribution in [-0.4, -0.2) is 45.2 Å². The number of nitrogens with zero attached hydrogens (tertiary/aromatic N) is 2. The normalized spacial score (nSPS) is 23.6. The van der Waals surface area contributed by atoms with E-state index in [1.807, 2.05) is 28.0 Å². The lowest BCUT2D eigenvalue weighted by molar-refractivity contribution is -0.160. The average Bonchev–Trinajstić information content (AvgIpc) is 3.55. The lowest BCUT2D eigenvalue weighted by Crippen LogP contribution is -2.63. The lowest BCUT2D eigenvalue weighted by Gasteiger charge is -2.47. The van der Waals surface area contributed by atoms with E-state index in [0.717, 1.165) is 36.9 Å². The number of H-pyrrole nitrogens is 1. The first kappa shape index (κ1) is 17.8. The van der Waals surface area contributed by atoms with Crippen LogP contribution in [0.4, 0.5) is 0 Å². The van der Waals surface area contributed by atoms with Crippen molar-refractivity contribution in [1.82, 2.24) is 14.8 Å². The highest BCUT2D eigenvalue weighted by molar-refractivity contribution is 5.97. The summed E-state index contributed by atoms with van der Waals surface area (Å²) in [6.45, 7) is 0.234. The summed E-state index contributed by atoms with van der Waals surface area (Å²) >= 11 is 0. The number of hydrogen-bond acceptors (Lipinski definition) is 2. The predicted molar refractivity (Wildman–Crippen MR) is 115 cm³/mol. The third kappa shape index (κ3) is 2.76. The minimum atomic E-state index is -0.376. The number of rotatable bonds is 4. The topological polar surface area (TPSA) is 56.4 Å². The highest BCUT2D eigenvalue weighted by Gasteiger charge is 2.50. The lowest BCUT2D eigenvalue weighted by atomic mass is 9.86. The number of para-hydroxylation sites is 1. The number of aryl methyl sites for hydroxylation is 1. The Morgan fingerprint density at radius 1 is 0.967 bits per heavy atom. The average molecular weight is 399 g/mol. The number of aromatic amines is 1. The Balaban J connectivity index is 1.42.